The van der Waals surface area contributed by atoms with Gasteiger partial charge in [-0.05, 0) is 33.2 Å². The summed E-state index contributed by atoms with van der Waals surface area (Å²) in [6.07, 6.45) is 0. The number of nitrogens with one attached hydrogen (secondary N) is 1. The van der Waals surface area contributed by atoms with Crippen LogP contribution in [-0.4, -0.2) is 89.9 Å². The van der Waals surface area contributed by atoms with Crippen LogP contribution in [0.1, 0.15) is 0 Å². The molecule has 0 saturated carbocycles. The van der Waals surface area contributed by atoms with Crippen molar-refractivity contribution in [2.75, 3.05) is 59.4 Å². The Balaban J connectivity index is 2.30. The molecule has 0 spiro atoms. The van der Waals surface area contributed by atoms with E-state index in [-0.39, 0.29) is 0 Å². The largest absolute Gasteiger partial charge is 0.347 e. The summed E-state index contributed by atoms with van der Waals surface area (Å²) in [7, 11) is 6.62. The summed E-state index contributed by atoms with van der Waals surface area (Å²) in [4.78, 5) is 7.21. The summed E-state index contributed by atoms with van der Waals surface area (Å²) < 4.78 is 0. The van der Waals surface area contributed by atoms with Gasteiger partial charge in [0.15, 0.2) is 16.0 Å². The molecule has 0 aliphatic carbocycles. The van der Waals surface area contributed by atoms with Crippen LogP contribution in [0, 0.1) is 0 Å². The van der Waals surface area contributed by atoms with Crippen LogP contribution < -0.4 is 5.32 Å². The molecule has 0 atom stereocenters. The molecular weight excluding hydrogens is 186 g/mol. The second-order valence-electron chi connectivity index (χ2n) is 4.66. The third kappa shape index (κ3) is 6.20. The van der Waals surface area contributed by atoms with Crippen LogP contribution in [0.5, 0.6) is 0 Å². The van der Waals surface area contributed by atoms with Crippen molar-refractivity contribution >= 4 is 16.0 Å². The summed E-state index contributed by atoms with van der Waals surface area (Å²) in [5.74, 6) is 0. The van der Waals surface area contributed by atoms with E-state index in [1.807, 2.05) is 0 Å². The summed E-state index contributed by atoms with van der Waals surface area (Å²) in [6.45, 7) is 9.19. The van der Waals surface area contributed by atoms with E-state index in [4.69, 9.17) is 0 Å². The fraction of sp³-hybridized carbons (Fsp3) is 1.00. The second-order valence-corrected chi connectivity index (χ2v) is 4.66. The van der Waals surface area contributed by atoms with Gasteiger partial charge in [-0.2, -0.15) is 0 Å². The van der Waals surface area contributed by atoms with Gasteiger partial charge in [-0.1, -0.05) is 0 Å². The maximum atomic E-state index is 3.48. The first-order chi connectivity index (χ1) is 7.18. The number of rotatable bonds is 0. The molecule has 86 valence electrons. The van der Waals surface area contributed by atoms with Gasteiger partial charge in [-0.3, -0.25) is 0 Å². The molecule has 0 aromatic heterocycles. The Bertz CT molecular complexity index is 154. The highest BCUT2D eigenvalue weighted by atomic mass is 15.2. The van der Waals surface area contributed by atoms with Gasteiger partial charge in [0.05, 0.1) is 0 Å². The van der Waals surface area contributed by atoms with Crippen LogP contribution >= 0.6 is 0 Å². The fourth-order valence-corrected chi connectivity index (χ4v) is 1.68. The quantitative estimate of drug-likeness (QED) is 0.436. The highest BCUT2D eigenvalue weighted by Crippen LogP contribution is 1.89. The van der Waals surface area contributed by atoms with Crippen LogP contribution in [-0.2, 0) is 0 Å². The molecule has 1 saturated heterocycles. The first-order valence-corrected chi connectivity index (χ1v) is 5.95. The minimum Gasteiger partial charge on any atom is -0.347 e. The van der Waals surface area contributed by atoms with E-state index in [1.54, 1.807) is 0 Å². The standard InChI is InChI=1S/C9H24B2N4/c1-13-4-2-12-3-5-14(10)8-9-15(11)7-6-13/h12H,2-11H2,1H3. The van der Waals surface area contributed by atoms with E-state index in [1.165, 1.54) is 26.2 Å². The van der Waals surface area contributed by atoms with Crippen LogP contribution in [0.15, 0.2) is 0 Å². The molecule has 0 aromatic rings. The molecule has 6 heteroatoms. The number of likely N-dealkylation sites (N-methyl/N-ethyl adjacent to an activating group) is 1. The predicted octanol–water partition coefficient (Wildman–Crippen LogP) is -2.78. The summed E-state index contributed by atoms with van der Waals surface area (Å²) in [5, 5.41) is 3.48. The van der Waals surface area contributed by atoms with Crippen molar-refractivity contribution in [3.8, 4) is 0 Å². The van der Waals surface area contributed by atoms with E-state index in [2.05, 4.69) is 42.8 Å². The van der Waals surface area contributed by atoms with Crippen LogP contribution in [0.2, 0.25) is 0 Å². The number of hydrogen-bond donors (Lipinski definition) is 1. The summed E-state index contributed by atoms with van der Waals surface area (Å²) in [6, 6.07) is 0. The summed E-state index contributed by atoms with van der Waals surface area (Å²) >= 11 is 0. The Morgan fingerprint density at radius 1 is 0.800 bits per heavy atom. The molecule has 1 fully saturated rings. The maximum absolute atomic E-state index is 3.48. The van der Waals surface area contributed by atoms with Crippen LogP contribution in [0.4, 0.5) is 0 Å². The van der Waals surface area contributed by atoms with Crippen molar-refractivity contribution in [2.24, 2.45) is 0 Å². The van der Waals surface area contributed by atoms with E-state index in [0.29, 0.717) is 0 Å². The molecule has 0 amide bonds. The number of nitrogens with zero attached hydrogens (tertiary/aromatic N) is 3. The van der Waals surface area contributed by atoms with Gasteiger partial charge in [0, 0.05) is 26.2 Å². The lowest BCUT2D eigenvalue weighted by Gasteiger charge is -2.26. The average Bonchev–Trinajstić information content (AvgIpc) is 2.21. The molecule has 1 N–H and O–H groups in total. The van der Waals surface area contributed by atoms with Gasteiger partial charge in [-0.25, -0.2) is 0 Å². The Morgan fingerprint density at radius 2 is 1.33 bits per heavy atom. The van der Waals surface area contributed by atoms with Gasteiger partial charge < -0.3 is 19.8 Å². The van der Waals surface area contributed by atoms with Crippen LogP contribution in [0.25, 0.3) is 0 Å². The maximum Gasteiger partial charge on any atom is 0.185 e. The minimum absolute atomic E-state index is 1.11. The zero-order chi connectivity index (χ0) is 11.1. The lowest BCUT2D eigenvalue weighted by molar-refractivity contribution is 0.277. The SMILES string of the molecule is BN1CCNCCN(C)CCN(B)CC1. The van der Waals surface area contributed by atoms with Gasteiger partial charge in [0.2, 0.25) is 0 Å². The first kappa shape index (κ1) is 13.0. The summed E-state index contributed by atoms with van der Waals surface area (Å²) in [5.41, 5.74) is 0. The molecule has 4 nitrogen and oxygen atoms in total. The molecule has 0 radical (unpaired) electrons. The monoisotopic (exact) mass is 210 g/mol. The molecule has 1 heterocycles. The van der Waals surface area contributed by atoms with Gasteiger partial charge in [0.1, 0.15) is 0 Å². The van der Waals surface area contributed by atoms with Crippen molar-refractivity contribution in [1.82, 2.24) is 19.8 Å². The van der Waals surface area contributed by atoms with Gasteiger partial charge in [-0.15, -0.1) is 0 Å². The first-order valence-electron chi connectivity index (χ1n) is 5.95. The molecule has 1 aliphatic rings. The predicted molar refractivity (Wildman–Crippen MR) is 70.6 cm³/mol. The fourth-order valence-electron chi connectivity index (χ4n) is 1.68. The minimum atomic E-state index is 1.11. The van der Waals surface area contributed by atoms with E-state index >= 15 is 0 Å². The Kier molecular flexibility index (Phi) is 6.32. The zero-order valence-corrected chi connectivity index (χ0v) is 10.5. The Hall–Kier alpha value is -0.0301. The lowest BCUT2D eigenvalue weighted by Crippen LogP contribution is -2.42. The number of hydrogen-bond acceptors (Lipinski definition) is 4. The average molecular weight is 210 g/mol. The van der Waals surface area contributed by atoms with Crippen molar-refractivity contribution in [2.45, 2.75) is 0 Å². The second kappa shape index (κ2) is 7.28. The molecule has 0 aromatic carbocycles. The molecule has 15 heavy (non-hydrogen) atoms. The van der Waals surface area contributed by atoms with E-state index < -0.39 is 0 Å². The zero-order valence-electron chi connectivity index (χ0n) is 10.5. The molecule has 1 rings (SSSR count). The van der Waals surface area contributed by atoms with Crippen molar-refractivity contribution in [1.29, 1.82) is 0 Å². The van der Waals surface area contributed by atoms with Crippen molar-refractivity contribution in [3.05, 3.63) is 0 Å². The lowest BCUT2D eigenvalue weighted by atomic mass is 10.2. The molecule has 0 bridgehead atoms. The van der Waals surface area contributed by atoms with Crippen molar-refractivity contribution < 1.29 is 0 Å². The normalized spacial score (nSPS) is 25.7. The Morgan fingerprint density at radius 3 is 2.07 bits per heavy atom. The highest BCUT2D eigenvalue weighted by Gasteiger charge is 2.05. The van der Waals surface area contributed by atoms with Gasteiger partial charge in [0.25, 0.3) is 0 Å². The van der Waals surface area contributed by atoms with Crippen LogP contribution in [0.3, 0.4) is 0 Å². The topological polar surface area (TPSA) is 21.8 Å². The molecular formula is C9H24B2N4. The smallest absolute Gasteiger partial charge is 0.185 e. The van der Waals surface area contributed by atoms with E-state index in [9.17, 15) is 0 Å². The highest BCUT2D eigenvalue weighted by molar-refractivity contribution is 6.05. The molecule has 0 unspecified atom stereocenters. The molecule has 1 aliphatic heterocycles. The van der Waals surface area contributed by atoms with Crippen molar-refractivity contribution in [3.63, 3.8) is 0 Å². The van der Waals surface area contributed by atoms with Gasteiger partial charge >= 0.3 is 0 Å². The Labute approximate surface area is 95.8 Å². The van der Waals surface area contributed by atoms with E-state index in [0.717, 1.165) is 26.2 Å². The third-order valence-electron chi connectivity index (χ3n) is 3.07. The third-order valence-corrected chi connectivity index (χ3v) is 3.07.